The molecular formula is C16H19N3O3S. The number of hydrogen-bond acceptors (Lipinski definition) is 7. The van der Waals surface area contributed by atoms with Gasteiger partial charge in [-0.15, -0.1) is 11.3 Å². The van der Waals surface area contributed by atoms with E-state index in [2.05, 4.69) is 15.2 Å². The molecule has 3 heterocycles. The molecule has 1 unspecified atom stereocenters. The van der Waals surface area contributed by atoms with Gasteiger partial charge in [-0.1, -0.05) is 6.07 Å². The highest BCUT2D eigenvalue weighted by molar-refractivity contribution is 7.12. The standard InChI is InChI=1S/C16H19N3O3S/c1-2-22-15-14(12-6-4-8-23-12)17-13(10-21)18-16(15)19-7-3-5-11(19)9-20/h4,6,8,11,18,20H,2-3,5,7,9H2,1H3. The van der Waals surface area contributed by atoms with E-state index in [1.54, 1.807) is 0 Å². The molecule has 7 heteroatoms. The molecule has 2 N–H and O–H groups in total. The summed E-state index contributed by atoms with van der Waals surface area (Å²) in [6.07, 6.45) is 1.90. The topological polar surface area (TPSA) is 74.2 Å². The summed E-state index contributed by atoms with van der Waals surface area (Å²) in [6, 6.07) is 3.90. The minimum atomic E-state index is 0.0172. The fraction of sp³-hybridized carbons (Fsp3) is 0.438. The first-order chi connectivity index (χ1) is 11.3. The number of nitrogens with one attached hydrogen (secondary N) is 1. The maximum Gasteiger partial charge on any atom is 0.219 e. The lowest BCUT2D eigenvalue weighted by molar-refractivity contribution is 0.165. The molecule has 0 aromatic carbocycles. The third-order valence-electron chi connectivity index (χ3n) is 3.91. The van der Waals surface area contributed by atoms with E-state index in [1.807, 2.05) is 30.4 Å². The summed E-state index contributed by atoms with van der Waals surface area (Å²) in [5.41, 5.74) is 0.637. The average Bonchev–Trinajstić information content (AvgIpc) is 3.26. The average molecular weight is 333 g/mol. The highest BCUT2D eigenvalue weighted by Crippen LogP contribution is 2.29. The zero-order valence-electron chi connectivity index (χ0n) is 12.9. The van der Waals surface area contributed by atoms with Crippen molar-refractivity contribution < 1.29 is 14.6 Å². The zero-order valence-corrected chi connectivity index (χ0v) is 13.7. The third kappa shape index (κ3) is 3.03. The number of aliphatic hydroxyl groups excluding tert-OH is 1. The van der Waals surface area contributed by atoms with Crippen molar-refractivity contribution in [3.05, 3.63) is 39.8 Å². The van der Waals surface area contributed by atoms with Gasteiger partial charge in [-0.2, -0.15) is 0 Å². The maximum atomic E-state index is 11.2. The Morgan fingerprint density at radius 2 is 2.48 bits per heavy atom. The normalized spacial score (nSPS) is 21.1. The Labute approximate surface area is 138 Å². The van der Waals surface area contributed by atoms with E-state index in [9.17, 15) is 9.90 Å². The van der Waals surface area contributed by atoms with Crippen LogP contribution in [0.1, 0.15) is 24.6 Å². The Bertz CT molecular complexity index is 675. The second-order valence-corrected chi connectivity index (χ2v) is 6.24. The number of carbonyl (C=O) groups excluding carboxylic acids is 1. The van der Waals surface area contributed by atoms with Crippen LogP contribution >= 0.6 is 11.3 Å². The molecular weight excluding hydrogens is 314 g/mol. The number of aliphatic imine (C=N–C) groups is 1. The van der Waals surface area contributed by atoms with Crippen molar-refractivity contribution in [3.63, 3.8) is 0 Å². The predicted octanol–water partition coefficient (Wildman–Crippen LogP) is 1.48. The number of aliphatic hydroxyl groups is 1. The fourth-order valence-corrected chi connectivity index (χ4v) is 3.61. The van der Waals surface area contributed by atoms with Crippen molar-refractivity contribution in [1.29, 1.82) is 0 Å². The van der Waals surface area contributed by atoms with Gasteiger partial charge in [-0.25, -0.2) is 9.79 Å². The van der Waals surface area contributed by atoms with Gasteiger partial charge in [0, 0.05) is 6.54 Å². The quantitative estimate of drug-likeness (QED) is 0.799. The number of thiophene rings is 1. The summed E-state index contributed by atoms with van der Waals surface area (Å²) >= 11 is 1.54. The Hall–Kier alpha value is -2.08. The van der Waals surface area contributed by atoms with Crippen LogP contribution in [0.2, 0.25) is 0 Å². The molecule has 3 rings (SSSR count). The number of allylic oxidation sites excluding steroid dienone is 1. The molecule has 0 saturated carbocycles. The van der Waals surface area contributed by atoms with Crippen LogP contribution in [0.4, 0.5) is 0 Å². The Morgan fingerprint density at radius 1 is 1.61 bits per heavy atom. The summed E-state index contributed by atoms with van der Waals surface area (Å²) in [5.74, 6) is 3.29. The van der Waals surface area contributed by atoms with E-state index in [0.717, 1.165) is 24.3 Å². The number of hydrogen-bond donors (Lipinski definition) is 2. The molecule has 6 nitrogen and oxygen atoms in total. The lowest BCUT2D eigenvalue weighted by Gasteiger charge is -2.32. The first-order valence-electron chi connectivity index (χ1n) is 7.68. The van der Waals surface area contributed by atoms with Gasteiger partial charge in [0.15, 0.2) is 17.5 Å². The van der Waals surface area contributed by atoms with Crippen LogP contribution in [-0.2, 0) is 9.53 Å². The van der Waals surface area contributed by atoms with E-state index >= 15 is 0 Å². The highest BCUT2D eigenvalue weighted by Gasteiger charge is 2.33. The van der Waals surface area contributed by atoms with Crippen LogP contribution in [0.5, 0.6) is 0 Å². The van der Waals surface area contributed by atoms with Crippen molar-refractivity contribution >= 4 is 23.0 Å². The largest absolute Gasteiger partial charge is 0.488 e. The number of likely N-dealkylation sites (tertiary alicyclic amines) is 1. The molecule has 2 aliphatic heterocycles. The van der Waals surface area contributed by atoms with Gasteiger partial charge < -0.3 is 20.1 Å². The molecule has 0 spiro atoms. The van der Waals surface area contributed by atoms with Gasteiger partial charge in [-0.3, -0.25) is 0 Å². The molecule has 0 aliphatic carbocycles. The van der Waals surface area contributed by atoms with Gasteiger partial charge in [0.2, 0.25) is 5.82 Å². The Balaban J connectivity index is 2.09. The van der Waals surface area contributed by atoms with Gasteiger partial charge in [0.05, 0.1) is 24.1 Å². The molecule has 1 atom stereocenters. The lowest BCUT2D eigenvalue weighted by atomic mass is 10.2. The van der Waals surface area contributed by atoms with Crippen LogP contribution in [0.3, 0.4) is 0 Å². The van der Waals surface area contributed by atoms with Gasteiger partial charge >= 0.3 is 0 Å². The molecule has 1 aromatic heterocycles. The van der Waals surface area contributed by atoms with Crippen molar-refractivity contribution in [2.75, 3.05) is 19.8 Å². The molecule has 0 amide bonds. The van der Waals surface area contributed by atoms with Crippen LogP contribution in [0.15, 0.2) is 39.9 Å². The molecule has 122 valence electrons. The van der Waals surface area contributed by atoms with Crippen LogP contribution < -0.4 is 5.32 Å². The summed E-state index contributed by atoms with van der Waals surface area (Å²) in [4.78, 5) is 18.5. The van der Waals surface area contributed by atoms with Crippen molar-refractivity contribution in [2.24, 2.45) is 4.99 Å². The van der Waals surface area contributed by atoms with Gasteiger partial charge in [0.25, 0.3) is 0 Å². The van der Waals surface area contributed by atoms with Crippen molar-refractivity contribution in [3.8, 4) is 0 Å². The molecule has 0 bridgehead atoms. The summed E-state index contributed by atoms with van der Waals surface area (Å²) in [7, 11) is 0. The third-order valence-corrected chi connectivity index (χ3v) is 4.78. The SMILES string of the molecule is CCOC1=C(N2CCCC2CO)NC(=C=O)N=C1c1cccs1. The van der Waals surface area contributed by atoms with E-state index in [4.69, 9.17) is 4.74 Å². The smallest absolute Gasteiger partial charge is 0.219 e. The van der Waals surface area contributed by atoms with Crippen LogP contribution in [-0.4, -0.2) is 47.5 Å². The number of rotatable bonds is 5. The monoisotopic (exact) mass is 333 g/mol. The minimum Gasteiger partial charge on any atom is -0.488 e. The van der Waals surface area contributed by atoms with E-state index in [-0.39, 0.29) is 18.5 Å². The van der Waals surface area contributed by atoms with Crippen LogP contribution in [0, 0.1) is 0 Å². The van der Waals surface area contributed by atoms with E-state index < -0.39 is 0 Å². The van der Waals surface area contributed by atoms with E-state index in [1.165, 1.54) is 11.3 Å². The van der Waals surface area contributed by atoms with Crippen molar-refractivity contribution in [1.82, 2.24) is 10.2 Å². The Kier molecular flexibility index (Phi) is 4.81. The van der Waals surface area contributed by atoms with Gasteiger partial charge in [-0.05, 0) is 31.2 Å². The molecule has 1 fully saturated rings. The van der Waals surface area contributed by atoms with Gasteiger partial charge in [0.1, 0.15) is 5.71 Å². The first-order valence-corrected chi connectivity index (χ1v) is 8.56. The molecule has 1 aromatic rings. The summed E-state index contributed by atoms with van der Waals surface area (Å²) in [6.45, 7) is 3.27. The molecule has 0 radical (unpaired) electrons. The van der Waals surface area contributed by atoms with Crippen molar-refractivity contribution in [2.45, 2.75) is 25.8 Å². The maximum absolute atomic E-state index is 11.2. The summed E-state index contributed by atoms with van der Waals surface area (Å²) < 4.78 is 5.86. The molecule has 23 heavy (non-hydrogen) atoms. The molecule has 2 aliphatic rings. The fourth-order valence-electron chi connectivity index (χ4n) is 2.90. The Morgan fingerprint density at radius 3 is 3.13 bits per heavy atom. The number of nitrogens with zero attached hydrogens (tertiary/aromatic N) is 2. The predicted molar refractivity (Wildman–Crippen MR) is 88.7 cm³/mol. The second-order valence-electron chi connectivity index (χ2n) is 5.30. The lowest BCUT2D eigenvalue weighted by Crippen LogP contribution is -2.41. The number of ether oxygens (including phenoxy) is 1. The minimum absolute atomic E-state index is 0.0172. The zero-order chi connectivity index (χ0) is 16.2. The first kappa shape index (κ1) is 15.8. The van der Waals surface area contributed by atoms with Crippen LogP contribution in [0.25, 0.3) is 0 Å². The highest BCUT2D eigenvalue weighted by atomic mass is 32.1. The van der Waals surface area contributed by atoms with E-state index in [0.29, 0.717) is 23.9 Å². The summed E-state index contributed by atoms with van der Waals surface area (Å²) in [5, 5.41) is 14.6. The molecule has 1 saturated heterocycles. The second kappa shape index (κ2) is 7.00.